The minimum absolute atomic E-state index is 0.178. The predicted molar refractivity (Wildman–Crippen MR) is 74.9 cm³/mol. The first-order chi connectivity index (χ1) is 9.31. The summed E-state index contributed by atoms with van der Waals surface area (Å²) in [6, 6.07) is 8.38. The fraction of sp³-hybridized carbons (Fsp3) is 0.429. The normalized spacial score (nSPS) is 10.6. The van der Waals surface area contributed by atoms with Crippen molar-refractivity contribution in [2.75, 3.05) is 11.9 Å². The molecule has 0 fully saturated rings. The summed E-state index contributed by atoms with van der Waals surface area (Å²) in [6.45, 7) is 3.68. The summed E-state index contributed by atoms with van der Waals surface area (Å²) in [6.07, 6.45) is 3.65. The topological polar surface area (TPSA) is 63.0 Å². The Morgan fingerprint density at radius 1 is 1.37 bits per heavy atom. The summed E-state index contributed by atoms with van der Waals surface area (Å²) >= 11 is 0. The zero-order valence-corrected chi connectivity index (χ0v) is 11.2. The first-order valence-electron chi connectivity index (χ1n) is 6.64. The molecule has 0 unspecified atom stereocenters. The molecule has 0 atom stereocenters. The lowest BCUT2D eigenvalue weighted by Gasteiger charge is -2.05. The number of aliphatic hydroxyl groups is 1. The highest BCUT2D eigenvalue weighted by Crippen LogP contribution is 2.12. The highest BCUT2D eigenvalue weighted by molar-refractivity contribution is 5.45. The Balaban J connectivity index is 1.89. The second kappa shape index (κ2) is 6.89. The summed E-state index contributed by atoms with van der Waals surface area (Å²) < 4.78 is 1.76. The molecule has 0 aliphatic rings. The predicted octanol–water partition coefficient (Wildman–Crippen LogP) is 1.83. The van der Waals surface area contributed by atoms with Gasteiger partial charge in [-0.05, 0) is 30.5 Å². The molecule has 1 aromatic carbocycles. The van der Waals surface area contributed by atoms with Crippen molar-refractivity contribution in [3.63, 3.8) is 0 Å². The summed E-state index contributed by atoms with van der Waals surface area (Å²) in [5, 5.41) is 20.2. The van der Waals surface area contributed by atoms with Gasteiger partial charge >= 0.3 is 0 Å². The fourth-order valence-electron chi connectivity index (χ4n) is 1.86. The van der Waals surface area contributed by atoms with Gasteiger partial charge in [0.05, 0.1) is 12.7 Å². The highest BCUT2D eigenvalue weighted by Gasteiger charge is 2.01. The Morgan fingerprint density at radius 3 is 3.05 bits per heavy atom. The molecule has 1 heterocycles. The molecule has 19 heavy (non-hydrogen) atoms. The fourth-order valence-corrected chi connectivity index (χ4v) is 1.86. The van der Waals surface area contributed by atoms with Gasteiger partial charge in [-0.3, -0.25) is 4.68 Å². The number of nitrogens with one attached hydrogen (secondary N) is 1. The number of benzene rings is 1. The van der Waals surface area contributed by atoms with Crippen LogP contribution >= 0.6 is 0 Å². The molecule has 0 amide bonds. The van der Waals surface area contributed by atoms with E-state index in [4.69, 9.17) is 5.11 Å². The van der Waals surface area contributed by atoms with Crippen molar-refractivity contribution in [2.24, 2.45) is 0 Å². The second-order valence-corrected chi connectivity index (χ2v) is 4.46. The molecule has 2 N–H and O–H groups in total. The van der Waals surface area contributed by atoms with Gasteiger partial charge in [0.25, 0.3) is 0 Å². The van der Waals surface area contributed by atoms with E-state index < -0.39 is 0 Å². The van der Waals surface area contributed by atoms with Crippen molar-refractivity contribution in [3.8, 4) is 0 Å². The standard InChI is InChI=1S/C14H20N4O/c1-2-12-5-3-6-13(9-12)15-10-14-11-18(17-16-14)7-4-8-19/h3,5-6,9,11,15,19H,2,4,7-8,10H2,1H3. The average molecular weight is 260 g/mol. The van der Waals surface area contributed by atoms with E-state index in [1.807, 2.05) is 6.20 Å². The van der Waals surface area contributed by atoms with Crippen LogP contribution in [0.25, 0.3) is 0 Å². The van der Waals surface area contributed by atoms with Gasteiger partial charge in [-0.2, -0.15) is 0 Å². The lowest BCUT2D eigenvalue weighted by Crippen LogP contribution is -2.01. The van der Waals surface area contributed by atoms with E-state index in [0.717, 1.165) is 17.8 Å². The Morgan fingerprint density at radius 2 is 2.26 bits per heavy atom. The van der Waals surface area contributed by atoms with Crippen LogP contribution in [-0.2, 0) is 19.5 Å². The molecule has 0 aliphatic carbocycles. The second-order valence-electron chi connectivity index (χ2n) is 4.46. The van der Waals surface area contributed by atoms with E-state index in [0.29, 0.717) is 19.5 Å². The van der Waals surface area contributed by atoms with Crippen LogP contribution < -0.4 is 5.32 Å². The smallest absolute Gasteiger partial charge is 0.102 e. The first-order valence-corrected chi connectivity index (χ1v) is 6.64. The molecule has 5 heteroatoms. The minimum atomic E-state index is 0.178. The molecule has 0 bridgehead atoms. The van der Waals surface area contributed by atoms with Crippen LogP contribution in [0.3, 0.4) is 0 Å². The maximum Gasteiger partial charge on any atom is 0.102 e. The van der Waals surface area contributed by atoms with E-state index in [1.54, 1.807) is 4.68 Å². The molecule has 0 radical (unpaired) electrons. The molecule has 0 spiro atoms. The number of nitrogens with zero attached hydrogens (tertiary/aromatic N) is 3. The van der Waals surface area contributed by atoms with E-state index >= 15 is 0 Å². The SMILES string of the molecule is CCc1cccc(NCc2cn(CCCO)nn2)c1. The molecule has 0 saturated carbocycles. The number of rotatable bonds is 7. The lowest BCUT2D eigenvalue weighted by atomic mass is 10.1. The number of hydrogen-bond acceptors (Lipinski definition) is 4. The number of aryl methyl sites for hydroxylation is 2. The molecule has 5 nitrogen and oxygen atoms in total. The third-order valence-corrected chi connectivity index (χ3v) is 2.94. The molecule has 2 aromatic rings. The Hall–Kier alpha value is -1.88. The molecule has 102 valence electrons. The molecule has 1 aromatic heterocycles. The average Bonchev–Trinajstić information content (AvgIpc) is 2.91. The first kappa shape index (κ1) is 13.5. The Labute approximate surface area is 113 Å². The number of hydrogen-bond donors (Lipinski definition) is 2. The van der Waals surface area contributed by atoms with Crippen molar-refractivity contribution in [1.82, 2.24) is 15.0 Å². The number of aliphatic hydroxyl groups excluding tert-OH is 1. The Kier molecular flexibility index (Phi) is 4.92. The van der Waals surface area contributed by atoms with Crippen molar-refractivity contribution >= 4 is 5.69 Å². The quantitative estimate of drug-likeness (QED) is 0.797. The van der Waals surface area contributed by atoms with Crippen LogP contribution in [0.2, 0.25) is 0 Å². The van der Waals surface area contributed by atoms with Crippen LogP contribution in [-0.4, -0.2) is 26.7 Å². The molecular weight excluding hydrogens is 240 g/mol. The zero-order valence-electron chi connectivity index (χ0n) is 11.2. The van der Waals surface area contributed by atoms with Gasteiger partial charge in [-0.1, -0.05) is 24.3 Å². The minimum Gasteiger partial charge on any atom is -0.396 e. The van der Waals surface area contributed by atoms with Crippen molar-refractivity contribution in [3.05, 3.63) is 41.7 Å². The van der Waals surface area contributed by atoms with Gasteiger partial charge in [0, 0.05) is 18.8 Å². The Bertz CT molecular complexity index is 510. The van der Waals surface area contributed by atoms with Gasteiger partial charge < -0.3 is 10.4 Å². The number of aromatic nitrogens is 3. The third-order valence-electron chi connectivity index (χ3n) is 2.94. The monoisotopic (exact) mass is 260 g/mol. The van der Waals surface area contributed by atoms with E-state index in [-0.39, 0.29) is 6.61 Å². The zero-order chi connectivity index (χ0) is 13.5. The molecule has 0 aliphatic heterocycles. The molecular formula is C14H20N4O. The number of anilines is 1. The summed E-state index contributed by atoms with van der Waals surface area (Å²) in [4.78, 5) is 0. The lowest BCUT2D eigenvalue weighted by molar-refractivity contribution is 0.276. The molecule has 0 saturated heterocycles. The summed E-state index contributed by atoms with van der Waals surface area (Å²) in [7, 11) is 0. The van der Waals surface area contributed by atoms with Crippen LogP contribution in [0.15, 0.2) is 30.5 Å². The van der Waals surface area contributed by atoms with Gasteiger partial charge in [-0.25, -0.2) is 0 Å². The van der Waals surface area contributed by atoms with Gasteiger partial charge in [0.2, 0.25) is 0 Å². The van der Waals surface area contributed by atoms with E-state index in [9.17, 15) is 0 Å². The third kappa shape index (κ3) is 4.06. The van der Waals surface area contributed by atoms with Crippen molar-refractivity contribution in [1.29, 1.82) is 0 Å². The summed E-state index contributed by atoms with van der Waals surface area (Å²) in [5.74, 6) is 0. The molecule has 2 rings (SSSR count). The van der Waals surface area contributed by atoms with Gasteiger partial charge in [0.1, 0.15) is 5.69 Å². The van der Waals surface area contributed by atoms with Gasteiger partial charge in [0.15, 0.2) is 0 Å². The largest absolute Gasteiger partial charge is 0.396 e. The van der Waals surface area contributed by atoms with Crippen molar-refractivity contribution < 1.29 is 5.11 Å². The van der Waals surface area contributed by atoms with E-state index in [1.165, 1.54) is 5.56 Å². The van der Waals surface area contributed by atoms with E-state index in [2.05, 4.69) is 46.8 Å². The van der Waals surface area contributed by atoms with Crippen molar-refractivity contribution in [2.45, 2.75) is 32.9 Å². The summed E-state index contributed by atoms with van der Waals surface area (Å²) in [5.41, 5.74) is 3.32. The maximum atomic E-state index is 8.76. The maximum absolute atomic E-state index is 8.76. The van der Waals surface area contributed by atoms with Crippen LogP contribution in [0.1, 0.15) is 24.6 Å². The van der Waals surface area contributed by atoms with Crippen LogP contribution in [0.5, 0.6) is 0 Å². The van der Waals surface area contributed by atoms with Crippen LogP contribution in [0, 0.1) is 0 Å². The van der Waals surface area contributed by atoms with Crippen LogP contribution in [0.4, 0.5) is 5.69 Å². The van der Waals surface area contributed by atoms with Gasteiger partial charge in [-0.15, -0.1) is 5.10 Å². The highest BCUT2D eigenvalue weighted by atomic mass is 16.3.